The van der Waals surface area contributed by atoms with Crippen molar-refractivity contribution in [3.8, 4) is 5.75 Å². The molecule has 0 aromatic heterocycles. The molecule has 0 saturated carbocycles. The van der Waals surface area contributed by atoms with Crippen molar-refractivity contribution < 1.29 is 4.74 Å². The van der Waals surface area contributed by atoms with E-state index in [4.69, 9.17) is 27.9 Å². The zero-order valence-corrected chi connectivity index (χ0v) is 13.3. The summed E-state index contributed by atoms with van der Waals surface area (Å²) >= 11 is 12.3. The fourth-order valence-corrected chi connectivity index (χ4v) is 2.46. The van der Waals surface area contributed by atoms with E-state index in [1.807, 2.05) is 6.07 Å². The van der Waals surface area contributed by atoms with E-state index in [1.54, 1.807) is 6.07 Å². The average molecular weight is 304 g/mol. The summed E-state index contributed by atoms with van der Waals surface area (Å²) in [7, 11) is 0. The van der Waals surface area contributed by atoms with Gasteiger partial charge < -0.3 is 10.1 Å². The number of nitrogens with one attached hydrogen (secondary N) is 1. The maximum absolute atomic E-state index is 6.22. The van der Waals surface area contributed by atoms with Crippen LogP contribution >= 0.6 is 23.2 Å². The summed E-state index contributed by atoms with van der Waals surface area (Å²) in [5.41, 5.74) is 1.02. The molecule has 0 radical (unpaired) electrons. The van der Waals surface area contributed by atoms with E-state index in [0.29, 0.717) is 16.7 Å². The van der Waals surface area contributed by atoms with E-state index in [0.717, 1.165) is 30.8 Å². The second kappa shape index (κ2) is 9.46. The van der Waals surface area contributed by atoms with Gasteiger partial charge in [0.2, 0.25) is 0 Å². The molecule has 1 aromatic rings. The number of halogens is 2. The molecule has 0 saturated heterocycles. The molecule has 0 heterocycles. The highest BCUT2D eigenvalue weighted by molar-refractivity contribution is 6.35. The molecule has 0 unspecified atom stereocenters. The number of hydrogen-bond acceptors (Lipinski definition) is 2. The van der Waals surface area contributed by atoms with E-state index < -0.39 is 0 Å². The Morgan fingerprint density at radius 3 is 2.58 bits per heavy atom. The number of ether oxygens (including phenoxy) is 1. The molecule has 0 spiro atoms. The summed E-state index contributed by atoms with van der Waals surface area (Å²) in [4.78, 5) is 0. The van der Waals surface area contributed by atoms with E-state index >= 15 is 0 Å². The molecule has 1 rings (SSSR count). The Morgan fingerprint density at radius 2 is 1.89 bits per heavy atom. The van der Waals surface area contributed by atoms with E-state index in [9.17, 15) is 0 Å². The molecule has 0 bridgehead atoms. The Bertz CT molecular complexity index is 383. The molecule has 4 heteroatoms. The predicted molar refractivity (Wildman–Crippen MR) is 83.5 cm³/mol. The fraction of sp³-hybridized carbons (Fsp3) is 0.600. The third-order valence-electron chi connectivity index (χ3n) is 2.90. The van der Waals surface area contributed by atoms with Crippen LogP contribution in [0.4, 0.5) is 0 Å². The van der Waals surface area contributed by atoms with Crippen LogP contribution in [0.25, 0.3) is 0 Å². The fourth-order valence-electron chi connectivity index (χ4n) is 1.87. The number of benzene rings is 1. The van der Waals surface area contributed by atoms with E-state index in [-0.39, 0.29) is 0 Å². The quantitative estimate of drug-likeness (QED) is 0.644. The molecule has 0 aliphatic carbocycles. The third-order valence-corrected chi connectivity index (χ3v) is 3.39. The molecule has 2 nitrogen and oxygen atoms in total. The summed E-state index contributed by atoms with van der Waals surface area (Å²) < 4.78 is 5.84. The monoisotopic (exact) mass is 303 g/mol. The lowest BCUT2D eigenvalue weighted by Crippen LogP contribution is -2.13. The summed E-state index contributed by atoms with van der Waals surface area (Å²) in [5, 5.41) is 4.52. The van der Waals surface area contributed by atoms with Crippen LogP contribution in [0.3, 0.4) is 0 Å². The smallest absolute Gasteiger partial charge is 0.142 e. The largest absolute Gasteiger partial charge is 0.492 e. The Morgan fingerprint density at radius 1 is 1.11 bits per heavy atom. The molecule has 1 N–H and O–H groups in total. The lowest BCUT2D eigenvalue weighted by molar-refractivity contribution is 0.301. The maximum atomic E-state index is 6.22. The molecule has 0 amide bonds. The second-order valence-corrected chi connectivity index (χ2v) is 5.41. The van der Waals surface area contributed by atoms with Crippen molar-refractivity contribution in [1.82, 2.24) is 5.32 Å². The molecule has 0 aliphatic heterocycles. The van der Waals surface area contributed by atoms with Crippen LogP contribution < -0.4 is 10.1 Å². The van der Waals surface area contributed by atoms with Gasteiger partial charge in [-0.05, 0) is 25.1 Å². The van der Waals surface area contributed by atoms with E-state index in [1.165, 1.54) is 19.3 Å². The Hall–Kier alpha value is -0.440. The van der Waals surface area contributed by atoms with Gasteiger partial charge in [0, 0.05) is 17.1 Å². The summed E-state index contributed by atoms with van der Waals surface area (Å²) in [6.45, 7) is 6.60. The van der Waals surface area contributed by atoms with Crippen molar-refractivity contribution in [2.45, 2.75) is 46.1 Å². The third kappa shape index (κ3) is 6.03. The molecule has 0 fully saturated rings. The van der Waals surface area contributed by atoms with Gasteiger partial charge in [0.15, 0.2) is 0 Å². The predicted octanol–water partition coefficient (Wildman–Crippen LogP) is 5.06. The molecule has 108 valence electrons. The first-order valence-corrected chi connectivity index (χ1v) is 7.76. The van der Waals surface area contributed by atoms with Gasteiger partial charge in [-0.2, -0.15) is 0 Å². The van der Waals surface area contributed by atoms with Gasteiger partial charge in [-0.25, -0.2) is 0 Å². The van der Waals surface area contributed by atoms with Crippen molar-refractivity contribution in [3.63, 3.8) is 0 Å². The minimum Gasteiger partial charge on any atom is -0.492 e. The highest BCUT2D eigenvalue weighted by atomic mass is 35.5. The Balaban J connectivity index is 2.63. The highest BCUT2D eigenvalue weighted by Crippen LogP contribution is 2.32. The van der Waals surface area contributed by atoms with Gasteiger partial charge in [0.1, 0.15) is 5.75 Å². The van der Waals surface area contributed by atoms with Crippen LogP contribution in [-0.2, 0) is 6.54 Å². The maximum Gasteiger partial charge on any atom is 0.142 e. The SMILES string of the molecule is CCCCCCOc1c(Cl)cc(Cl)cc1CNCC. The van der Waals surface area contributed by atoms with Gasteiger partial charge in [-0.15, -0.1) is 0 Å². The van der Waals surface area contributed by atoms with Crippen molar-refractivity contribution in [2.24, 2.45) is 0 Å². The molecular formula is C15H23Cl2NO. The first-order valence-electron chi connectivity index (χ1n) is 7.00. The standard InChI is InChI=1S/C15H23Cl2NO/c1-3-5-6-7-8-19-15-12(11-18-4-2)9-13(16)10-14(15)17/h9-10,18H,3-8,11H2,1-2H3. The first kappa shape index (κ1) is 16.6. The normalized spacial score (nSPS) is 10.7. The summed E-state index contributed by atoms with van der Waals surface area (Å²) in [6.07, 6.45) is 4.74. The van der Waals surface area contributed by atoms with Crippen molar-refractivity contribution in [1.29, 1.82) is 0 Å². The lowest BCUT2D eigenvalue weighted by atomic mass is 10.2. The minimum absolute atomic E-state index is 0.593. The van der Waals surface area contributed by atoms with Crippen LogP contribution in [0.15, 0.2) is 12.1 Å². The topological polar surface area (TPSA) is 21.3 Å². The Kier molecular flexibility index (Phi) is 8.27. The van der Waals surface area contributed by atoms with Gasteiger partial charge in [0.25, 0.3) is 0 Å². The van der Waals surface area contributed by atoms with Gasteiger partial charge in [-0.1, -0.05) is 56.3 Å². The van der Waals surface area contributed by atoms with Crippen LogP contribution in [-0.4, -0.2) is 13.2 Å². The zero-order valence-electron chi connectivity index (χ0n) is 11.8. The van der Waals surface area contributed by atoms with Gasteiger partial charge in [0.05, 0.1) is 11.6 Å². The zero-order chi connectivity index (χ0) is 14.1. The minimum atomic E-state index is 0.593. The van der Waals surface area contributed by atoms with Crippen molar-refractivity contribution in [2.75, 3.05) is 13.2 Å². The van der Waals surface area contributed by atoms with Crippen LogP contribution in [0.5, 0.6) is 5.75 Å². The van der Waals surface area contributed by atoms with Gasteiger partial charge >= 0.3 is 0 Å². The number of rotatable bonds is 9. The molecular weight excluding hydrogens is 281 g/mol. The number of unbranched alkanes of at least 4 members (excludes halogenated alkanes) is 3. The van der Waals surface area contributed by atoms with Crippen molar-refractivity contribution >= 4 is 23.2 Å². The molecule has 19 heavy (non-hydrogen) atoms. The van der Waals surface area contributed by atoms with E-state index in [2.05, 4.69) is 19.2 Å². The molecule has 1 aromatic carbocycles. The van der Waals surface area contributed by atoms with Crippen LogP contribution in [0.2, 0.25) is 10.0 Å². The molecule has 0 atom stereocenters. The van der Waals surface area contributed by atoms with Crippen molar-refractivity contribution in [3.05, 3.63) is 27.7 Å². The summed E-state index contributed by atoms with van der Waals surface area (Å²) in [6, 6.07) is 3.65. The lowest BCUT2D eigenvalue weighted by Gasteiger charge is -2.14. The summed E-state index contributed by atoms with van der Waals surface area (Å²) in [5.74, 6) is 0.767. The van der Waals surface area contributed by atoms with Crippen LogP contribution in [0, 0.1) is 0 Å². The van der Waals surface area contributed by atoms with Gasteiger partial charge in [-0.3, -0.25) is 0 Å². The Labute approximate surface area is 126 Å². The molecule has 0 aliphatic rings. The number of hydrogen-bond donors (Lipinski definition) is 1. The highest BCUT2D eigenvalue weighted by Gasteiger charge is 2.10. The first-order chi connectivity index (χ1) is 9.19. The average Bonchev–Trinajstić information content (AvgIpc) is 2.38. The second-order valence-electron chi connectivity index (χ2n) is 4.57. The van der Waals surface area contributed by atoms with Crippen LogP contribution in [0.1, 0.15) is 45.1 Å².